The lowest BCUT2D eigenvalue weighted by atomic mass is 10.2. The summed E-state index contributed by atoms with van der Waals surface area (Å²) in [6.45, 7) is 2.08. The molecule has 0 unspecified atom stereocenters. The number of hydrogen-bond acceptors (Lipinski definition) is 3. The summed E-state index contributed by atoms with van der Waals surface area (Å²) < 4.78 is 10.3. The number of benzene rings is 1. The molecule has 0 radical (unpaired) electrons. The van der Waals surface area contributed by atoms with Crippen molar-refractivity contribution in [3.05, 3.63) is 18.2 Å². The average Bonchev–Trinajstić information content (AvgIpc) is 3.06. The molecule has 1 aliphatic carbocycles. The molecule has 0 saturated heterocycles. The summed E-state index contributed by atoms with van der Waals surface area (Å²) in [5.41, 5.74) is 0.742. The number of ether oxygens (including phenoxy) is 2. The van der Waals surface area contributed by atoms with Gasteiger partial charge in [-0.05, 0) is 24.5 Å². The van der Waals surface area contributed by atoms with Gasteiger partial charge in [0.2, 0.25) is 5.91 Å². The van der Waals surface area contributed by atoms with Gasteiger partial charge in [-0.2, -0.15) is 0 Å². The van der Waals surface area contributed by atoms with E-state index in [1.807, 2.05) is 6.07 Å². The molecule has 1 aliphatic rings. The van der Waals surface area contributed by atoms with Crippen molar-refractivity contribution in [2.24, 2.45) is 11.8 Å². The van der Waals surface area contributed by atoms with Gasteiger partial charge in [-0.15, -0.1) is 0 Å². The van der Waals surface area contributed by atoms with Gasteiger partial charge in [-0.1, -0.05) is 6.92 Å². The zero-order chi connectivity index (χ0) is 12.4. The highest BCUT2D eigenvalue weighted by Crippen LogP contribution is 2.39. The predicted octanol–water partition coefficient (Wildman–Crippen LogP) is 2.30. The molecule has 0 aliphatic heterocycles. The van der Waals surface area contributed by atoms with Gasteiger partial charge < -0.3 is 14.8 Å². The van der Waals surface area contributed by atoms with Crippen molar-refractivity contribution in [3.8, 4) is 11.5 Å². The van der Waals surface area contributed by atoms with E-state index in [9.17, 15) is 4.79 Å². The summed E-state index contributed by atoms with van der Waals surface area (Å²) in [5.74, 6) is 2.04. The van der Waals surface area contributed by atoms with Gasteiger partial charge in [0, 0.05) is 17.7 Å². The summed E-state index contributed by atoms with van der Waals surface area (Å²) in [4.78, 5) is 11.8. The van der Waals surface area contributed by atoms with Crippen LogP contribution in [0, 0.1) is 11.8 Å². The standard InChI is InChI=1S/C13H17NO3/c1-8-6-10(8)13(15)14-9-4-5-11(16-2)12(7-9)17-3/h4-5,7-8,10H,6H2,1-3H3,(H,14,15)/t8-,10+/m0/s1. The summed E-state index contributed by atoms with van der Waals surface area (Å²) in [6.07, 6.45) is 0.985. The summed E-state index contributed by atoms with van der Waals surface area (Å²) in [5, 5.41) is 2.89. The first-order valence-corrected chi connectivity index (χ1v) is 5.68. The lowest BCUT2D eigenvalue weighted by Gasteiger charge is -2.10. The Morgan fingerprint density at radius 2 is 1.94 bits per heavy atom. The van der Waals surface area contributed by atoms with Crippen LogP contribution in [-0.2, 0) is 4.79 Å². The molecule has 1 N–H and O–H groups in total. The Bertz CT molecular complexity index is 431. The van der Waals surface area contributed by atoms with Crippen LogP contribution in [0.3, 0.4) is 0 Å². The average molecular weight is 235 g/mol. The van der Waals surface area contributed by atoms with Gasteiger partial charge in [-0.25, -0.2) is 0 Å². The number of carbonyl (C=O) groups excluding carboxylic acids is 1. The highest BCUT2D eigenvalue weighted by atomic mass is 16.5. The smallest absolute Gasteiger partial charge is 0.227 e. The van der Waals surface area contributed by atoms with Gasteiger partial charge in [0.25, 0.3) is 0 Å². The van der Waals surface area contributed by atoms with Gasteiger partial charge in [0.05, 0.1) is 14.2 Å². The third kappa shape index (κ3) is 2.52. The monoisotopic (exact) mass is 235 g/mol. The molecule has 2 atom stereocenters. The molecule has 17 heavy (non-hydrogen) atoms. The van der Waals surface area contributed by atoms with Crippen LogP contribution >= 0.6 is 0 Å². The Hall–Kier alpha value is -1.71. The Kier molecular flexibility index (Phi) is 3.22. The van der Waals surface area contributed by atoms with Crippen molar-refractivity contribution >= 4 is 11.6 Å². The van der Waals surface area contributed by atoms with Crippen molar-refractivity contribution in [3.63, 3.8) is 0 Å². The number of hydrogen-bond donors (Lipinski definition) is 1. The Balaban J connectivity index is 2.08. The van der Waals surface area contributed by atoms with Crippen LogP contribution in [0.2, 0.25) is 0 Å². The molecule has 1 aromatic rings. The van der Waals surface area contributed by atoms with Gasteiger partial charge in [0.1, 0.15) is 0 Å². The fourth-order valence-electron chi connectivity index (χ4n) is 1.84. The van der Waals surface area contributed by atoms with Crippen LogP contribution in [0.1, 0.15) is 13.3 Å². The fourth-order valence-corrected chi connectivity index (χ4v) is 1.84. The molecule has 0 aromatic heterocycles. The lowest BCUT2D eigenvalue weighted by Crippen LogP contribution is -2.14. The Morgan fingerprint density at radius 3 is 2.47 bits per heavy atom. The Labute approximate surface area is 101 Å². The van der Waals surface area contributed by atoms with Gasteiger partial charge in [0.15, 0.2) is 11.5 Å². The molecule has 1 aromatic carbocycles. The number of carbonyl (C=O) groups is 1. The largest absolute Gasteiger partial charge is 0.493 e. The van der Waals surface area contributed by atoms with E-state index in [2.05, 4.69) is 12.2 Å². The second-order valence-electron chi connectivity index (χ2n) is 4.38. The summed E-state index contributed by atoms with van der Waals surface area (Å²) in [7, 11) is 3.16. The van der Waals surface area contributed by atoms with Crippen molar-refractivity contribution in [2.45, 2.75) is 13.3 Å². The minimum Gasteiger partial charge on any atom is -0.493 e. The molecule has 92 valence electrons. The van der Waals surface area contributed by atoms with Crippen LogP contribution in [0.4, 0.5) is 5.69 Å². The topological polar surface area (TPSA) is 47.6 Å². The van der Waals surface area contributed by atoms with Crippen LogP contribution in [0.25, 0.3) is 0 Å². The molecule has 0 heterocycles. The number of methoxy groups -OCH3 is 2. The van der Waals surface area contributed by atoms with E-state index in [4.69, 9.17) is 9.47 Å². The SMILES string of the molecule is COc1ccc(NC(=O)[C@@H]2C[C@@H]2C)cc1OC. The first kappa shape index (κ1) is 11.8. The van der Waals surface area contributed by atoms with E-state index in [1.54, 1.807) is 26.4 Å². The number of nitrogens with one attached hydrogen (secondary N) is 1. The second-order valence-corrected chi connectivity index (χ2v) is 4.38. The van der Waals surface area contributed by atoms with Crippen molar-refractivity contribution in [2.75, 3.05) is 19.5 Å². The normalized spacial score (nSPS) is 21.8. The van der Waals surface area contributed by atoms with Crippen LogP contribution in [0.5, 0.6) is 11.5 Å². The van der Waals surface area contributed by atoms with E-state index in [0.29, 0.717) is 17.4 Å². The molecule has 1 amide bonds. The van der Waals surface area contributed by atoms with Crippen molar-refractivity contribution < 1.29 is 14.3 Å². The molecule has 0 bridgehead atoms. The maximum Gasteiger partial charge on any atom is 0.227 e. The number of rotatable bonds is 4. The zero-order valence-electron chi connectivity index (χ0n) is 10.3. The van der Waals surface area contributed by atoms with E-state index in [1.165, 1.54) is 0 Å². The lowest BCUT2D eigenvalue weighted by molar-refractivity contribution is -0.117. The molecular weight excluding hydrogens is 218 g/mol. The third-order valence-electron chi connectivity index (χ3n) is 3.10. The van der Waals surface area contributed by atoms with Gasteiger partial charge >= 0.3 is 0 Å². The molecular formula is C13H17NO3. The highest BCUT2D eigenvalue weighted by Gasteiger charge is 2.39. The predicted molar refractivity (Wildman–Crippen MR) is 65.4 cm³/mol. The highest BCUT2D eigenvalue weighted by molar-refractivity contribution is 5.94. The molecule has 4 heteroatoms. The van der Waals surface area contributed by atoms with E-state index >= 15 is 0 Å². The molecule has 1 saturated carbocycles. The zero-order valence-corrected chi connectivity index (χ0v) is 10.3. The van der Waals surface area contributed by atoms with Crippen molar-refractivity contribution in [1.29, 1.82) is 0 Å². The maximum absolute atomic E-state index is 11.8. The minimum absolute atomic E-state index is 0.0877. The molecule has 4 nitrogen and oxygen atoms in total. The van der Waals surface area contributed by atoms with Crippen LogP contribution in [-0.4, -0.2) is 20.1 Å². The quantitative estimate of drug-likeness (QED) is 0.871. The van der Waals surface area contributed by atoms with Crippen LogP contribution in [0.15, 0.2) is 18.2 Å². The van der Waals surface area contributed by atoms with Crippen molar-refractivity contribution in [1.82, 2.24) is 0 Å². The maximum atomic E-state index is 11.8. The van der Waals surface area contributed by atoms with E-state index in [0.717, 1.165) is 12.1 Å². The minimum atomic E-state index is 0.0877. The first-order valence-electron chi connectivity index (χ1n) is 5.68. The molecule has 0 spiro atoms. The molecule has 2 rings (SSSR count). The summed E-state index contributed by atoms with van der Waals surface area (Å²) in [6, 6.07) is 5.36. The van der Waals surface area contributed by atoms with E-state index in [-0.39, 0.29) is 11.8 Å². The summed E-state index contributed by atoms with van der Waals surface area (Å²) >= 11 is 0. The van der Waals surface area contributed by atoms with Gasteiger partial charge in [-0.3, -0.25) is 4.79 Å². The molecule has 1 fully saturated rings. The number of anilines is 1. The first-order chi connectivity index (χ1) is 8.15. The fraction of sp³-hybridized carbons (Fsp3) is 0.462. The van der Waals surface area contributed by atoms with Crippen LogP contribution < -0.4 is 14.8 Å². The van der Waals surface area contributed by atoms with E-state index < -0.39 is 0 Å². The Morgan fingerprint density at radius 1 is 1.29 bits per heavy atom. The number of amides is 1. The second kappa shape index (κ2) is 4.65. The third-order valence-corrected chi connectivity index (χ3v) is 3.10.